The first kappa shape index (κ1) is 21.2. The fourth-order valence-corrected chi connectivity index (χ4v) is 5.48. The minimum absolute atomic E-state index is 0.0424. The summed E-state index contributed by atoms with van der Waals surface area (Å²) in [4.78, 5) is 12.9. The van der Waals surface area contributed by atoms with Gasteiger partial charge in [-0.25, -0.2) is 9.80 Å². The van der Waals surface area contributed by atoms with Crippen LogP contribution in [-0.2, 0) is 11.2 Å². The molecule has 3 aliphatic rings. The number of nitrogens with zero attached hydrogens (tertiary/aromatic N) is 2. The maximum Gasteiger partial charge on any atom is 0.338 e. The quantitative estimate of drug-likeness (QED) is 0.428. The first-order valence-electron chi connectivity index (χ1n) is 11.2. The van der Waals surface area contributed by atoms with Crippen LogP contribution >= 0.6 is 15.9 Å². The zero-order valence-electron chi connectivity index (χ0n) is 18.8. The van der Waals surface area contributed by atoms with Gasteiger partial charge in [-0.05, 0) is 59.7 Å². The Bertz CT molecular complexity index is 1320. The number of fused-ring (bicyclic) bond motifs is 4. The van der Waals surface area contributed by atoms with Gasteiger partial charge in [-0.15, -0.1) is 0 Å². The minimum atomic E-state index is -0.969. The number of esters is 1. The van der Waals surface area contributed by atoms with Crippen molar-refractivity contribution < 1.29 is 19.0 Å². The Kier molecular flexibility index (Phi) is 4.92. The van der Waals surface area contributed by atoms with Crippen molar-refractivity contribution in [1.82, 2.24) is 5.01 Å². The number of ether oxygens (including phenoxy) is 3. The summed E-state index contributed by atoms with van der Waals surface area (Å²) in [6.45, 7) is 1.97. The fourth-order valence-electron chi connectivity index (χ4n) is 5.11. The first-order valence-corrected chi connectivity index (χ1v) is 12.0. The molecule has 0 saturated carbocycles. The van der Waals surface area contributed by atoms with Gasteiger partial charge >= 0.3 is 5.97 Å². The van der Waals surface area contributed by atoms with Crippen LogP contribution in [0.2, 0.25) is 0 Å². The van der Waals surface area contributed by atoms with Crippen molar-refractivity contribution in [3.05, 3.63) is 93.5 Å². The molecule has 0 aromatic heterocycles. The number of carbonyl (C=O) groups excluding carboxylic acids is 1. The molecule has 0 amide bonds. The number of carbonyl (C=O) groups is 1. The van der Waals surface area contributed by atoms with Crippen molar-refractivity contribution in [3.63, 3.8) is 0 Å². The second-order valence-electron chi connectivity index (χ2n) is 8.93. The SMILES string of the molecule is COc1ccc(C2=NN3[C@H](C2)c2cc(Br)ccc2O[C@]3(C)[C@@H]2Cc3ccccc3C(=O)O2)cc1. The molecule has 0 saturated heterocycles. The van der Waals surface area contributed by atoms with E-state index in [9.17, 15) is 4.79 Å². The van der Waals surface area contributed by atoms with Crippen LogP contribution in [0.15, 0.2) is 76.3 Å². The van der Waals surface area contributed by atoms with Crippen LogP contribution in [0.3, 0.4) is 0 Å². The van der Waals surface area contributed by atoms with Crippen LogP contribution in [0.5, 0.6) is 11.5 Å². The van der Waals surface area contributed by atoms with Gasteiger partial charge in [0.2, 0.25) is 5.72 Å². The molecule has 0 N–H and O–H groups in total. The second kappa shape index (κ2) is 7.87. The topological polar surface area (TPSA) is 60.4 Å². The third-order valence-corrected chi connectivity index (χ3v) is 7.42. The number of hydrazone groups is 1. The van der Waals surface area contributed by atoms with Crippen molar-refractivity contribution >= 4 is 27.6 Å². The van der Waals surface area contributed by atoms with Crippen molar-refractivity contribution in [2.24, 2.45) is 5.10 Å². The molecule has 0 spiro atoms. The Labute approximate surface area is 206 Å². The molecule has 0 fully saturated rings. The lowest BCUT2D eigenvalue weighted by atomic mass is 9.89. The molecular weight excluding hydrogens is 496 g/mol. The van der Waals surface area contributed by atoms with Gasteiger partial charge in [0.1, 0.15) is 11.5 Å². The largest absolute Gasteiger partial charge is 0.497 e. The number of hydrogen-bond donors (Lipinski definition) is 0. The molecule has 3 atom stereocenters. The maximum atomic E-state index is 12.9. The van der Waals surface area contributed by atoms with Crippen LogP contribution in [0.25, 0.3) is 0 Å². The van der Waals surface area contributed by atoms with E-state index in [0.717, 1.165) is 38.4 Å². The van der Waals surface area contributed by atoms with Gasteiger partial charge < -0.3 is 14.2 Å². The van der Waals surface area contributed by atoms with E-state index in [1.807, 2.05) is 72.6 Å². The van der Waals surface area contributed by atoms with E-state index < -0.39 is 11.8 Å². The Balaban J connectivity index is 1.43. The fraction of sp³-hybridized carbons (Fsp3) is 0.259. The van der Waals surface area contributed by atoms with Crippen LogP contribution in [0.4, 0.5) is 0 Å². The van der Waals surface area contributed by atoms with Crippen molar-refractivity contribution in [3.8, 4) is 11.5 Å². The highest BCUT2D eigenvalue weighted by molar-refractivity contribution is 9.10. The average molecular weight is 519 g/mol. The van der Waals surface area contributed by atoms with Gasteiger partial charge in [-0.1, -0.05) is 34.1 Å². The number of hydrogen-bond acceptors (Lipinski definition) is 6. The highest BCUT2D eigenvalue weighted by Crippen LogP contribution is 2.50. The van der Waals surface area contributed by atoms with E-state index in [0.29, 0.717) is 18.4 Å². The van der Waals surface area contributed by atoms with E-state index in [4.69, 9.17) is 19.3 Å². The molecule has 3 heterocycles. The van der Waals surface area contributed by atoms with Crippen LogP contribution < -0.4 is 9.47 Å². The Morgan fingerprint density at radius 1 is 1.09 bits per heavy atom. The molecule has 0 bridgehead atoms. The van der Waals surface area contributed by atoms with Crippen LogP contribution in [0, 0.1) is 0 Å². The normalized spacial score (nSPS) is 24.9. The Morgan fingerprint density at radius 2 is 1.88 bits per heavy atom. The maximum absolute atomic E-state index is 12.9. The molecule has 0 unspecified atom stereocenters. The van der Waals surface area contributed by atoms with Gasteiger partial charge in [0, 0.05) is 29.8 Å². The summed E-state index contributed by atoms with van der Waals surface area (Å²) in [5, 5.41) is 7.04. The number of cyclic esters (lactones) is 1. The summed E-state index contributed by atoms with van der Waals surface area (Å²) in [7, 11) is 1.66. The molecule has 3 aromatic rings. The molecule has 0 radical (unpaired) electrons. The van der Waals surface area contributed by atoms with E-state index >= 15 is 0 Å². The molecule has 3 aliphatic heterocycles. The third kappa shape index (κ3) is 3.29. The van der Waals surface area contributed by atoms with Gasteiger partial charge in [0.15, 0.2) is 6.10 Å². The van der Waals surface area contributed by atoms with E-state index in [-0.39, 0.29) is 12.0 Å². The van der Waals surface area contributed by atoms with Gasteiger partial charge in [-0.2, -0.15) is 5.10 Å². The smallest absolute Gasteiger partial charge is 0.338 e. The lowest BCUT2D eigenvalue weighted by Crippen LogP contribution is -2.61. The predicted octanol–water partition coefficient (Wildman–Crippen LogP) is 5.50. The first-order chi connectivity index (χ1) is 16.5. The van der Waals surface area contributed by atoms with E-state index in [2.05, 4.69) is 22.0 Å². The monoisotopic (exact) mass is 518 g/mol. The standard InChI is InChI=1S/C27H23BrN2O4/c1-27(25-13-17-5-3-4-6-20(17)26(31)33-25)30-23(21-14-18(28)9-12-24(21)34-27)15-22(29-30)16-7-10-19(32-2)11-8-16/h3-12,14,23,25H,13,15H2,1-2H3/t23-,25+,27-/m1/s1. The van der Waals surface area contributed by atoms with Crippen molar-refractivity contribution in [2.75, 3.05) is 7.11 Å². The summed E-state index contributed by atoms with van der Waals surface area (Å²) in [6, 6.07) is 21.5. The zero-order chi connectivity index (χ0) is 23.4. The molecule has 172 valence electrons. The van der Waals surface area contributed by atoms with Crippen molar-refractivity contribution in [1.29, 1.82) is 0 Å². The van der Waals surface area contributed by atoms with Crippen LogP contribution in [0.1, 0.15) is 46.4 Å². The van der Waals surface area contributed by atoms with E-state index in [1.54, 1.807) is 7.11 Å². The molecule has 0 aliphatic carbocycles. The number of rotatable bonds is 3. The summed E-state index contributed by atoms with van der Waals surface area (Å²) < 4.78 is 18.9. The Morgan fingerprint density at radius 3 is 2.68 bits per heavy atom. The molecule has 6 nitrogen and oxygen atoms in total. The van der Waals surface area contributed by atoms with Crippen molar-refractivity contribution in [2.45, 2.75) is 37.6 Å². The highest BCUT2D eigenvalue weighted by Gasteiger charge is 2.54. The number of benzene rings is 3. The predicted molar refractivity (Wildman–Crippen MR) is 131 cm³/mol. The van der Waals surface area contributed by atoms with Gasteiger partial charge in [-0.3, -0.25) is 0 Å². The lowest BCUT2D eigenvalue weighted by Gasteiger charge is -2.49. The Hall–Kier alpha value is -3.32. The summed E-state index contributed by atoms with van der Waals surface area (Å²) in [6.07, 6.45) is 0.750. The molecule has 3 aromatic carbocycles. The minimum Gasteiger partial charge on any atom is -0.497 e. The molecule has 6 rings (SSSR count). The molecular formula is C27H23BrN2O4. The summed E-state index contributed by atoms with van der Waals surface area (Å²) >= 11 is 3.60. The van der Waals surface area contributed by atoms with Crippen LogP contribution in [-0.4, -0.2) is 35.6 Å². The lowest BCUT2D eigenvalue weighted by molar-refractivity contribution is -0.175. The number of methoxy groups -OCH3 is 1. The molecule has 7 heteroatoms. The summed E-state index contributed by atoms with van der Waals surface area (Å²) in [5.41, 5.74) is 3.65. The number of halogens is 1. The molecule has 34 heavy (non-hydrogen) atoms. The van der Waals surface area contributed by atoms with Gasteiger partial charge in [0.05, 0.1) is 24.4 Å². The highest BCUT2D eigenvalue weighted by atomic mass is 79.9. The van der Waals surface area contributed by atoms with Gasteiger partial charge in [0.25, 0.3) is 0 Å². The third-order valence-electron chi connectivity index (χ3n) is 6.93. The zero-order valence-corrected chi connectivity index (χ0v) is 20.4. The van der Waals surface area contributed by atoms with E-state index in [1.165, 1.54) is 0 Å². The summed E-state index contributed by atoms with van der Waals surface area (Å²) in [5.74, 6) is 1.26. The average Bonchev–Trinajstić information content (AvgIpc) is 3.32. The second-order valence-corrected chi connectivity index (χ2v) is 9.85.